The molecule has 0 aromatic heterocycles. The van der Waals surface area contributed by atoms with Crippen molar-refractivity contribution in [2.75, 3.05) is 13.3 Å². The molecule has 0 radical (unpaired) electrons. The molecule has 0 aliphatic carbocycles. The molecule has 0 spiro atoms. The highest BCUT2D eigenvalue weighted by atomic mass is 35.5. The number of rotatable bonds is 8. The van der Waals surface area contributed by atoms with Gasteiger partial charge in [-0.25, -0.2) is 4.79 Å². The zero-order chi connectivity index (χ0) is 21.0. The summed E-state index contributed by atoms with van der Waals surface area (Å²) in [5, 5.41) is 3.25. The molecule has 1 aromatic carbocycles. The van der Waals surface area contributed by atoms with Gasteiger partial charge in [0.25, 0.3) is 5.91 Å². The maximum Gasteiger partial charge on any atom is 0.326 e. The van der Waals surface area contributed by atoms with Gasteiger partial charge in [-0.05, 0) is 25.0 Å². The van der Waals surface area contributed by atoms with Crippen LogP contribution < -0.4 is 10.1 Å². The summed E-state index contributed by atoms with van der Waals surface area (Å²) < 4.78 is 16.0. The Morgan fingerprint density at radius 3 is 2.69 bits per heavy atom. The van der Waals surface area contributed by atoms with Crippen LogP contribution in [0.1, 0.15) is 50.7 Å². The van der Waals surface area contributed by atoms with Crippen LogP contribution in [0, 0.1) is 0 Å². The summed E-state index contributed by atoms with van der Waals surface area (Å²) in [7, 11) is 0. The van der Waals surface area contributed by atoms with Crippen LogP contribution in [-0.4, -0.2) is 41.7 Å². The summed E-state index contributed by atoms with van der Waals surface area (Å²) >= 11 is 6.11. The number of fused-ring (bicyclic) bond motifs is 1. The highest BCUT2D eigenvalue weighted by molar-refractivity contribution is 6.30. The van der Waals surface area contributed by atoms with Crippen molar-refractivity contribution in [1.82, 2.24) is 10.2 Å². The van der Waals surface area contributed by atoms with E-state index in [1.165, 1.54) is 0 Å². The van der Waals surface area contributed by atoms with E-state index in [2.05, 4.69) is 5.32 Å². The lowest BCUT2D eigenvalue weighted by Crippen LogP contribution is -2.47. The molecular formula is C20H25ClN2O6. The highest BCUT2D eigenvalue weighted by Crippen LogP contribution is 2.32. The predicted molar refractivity (Wildman–Crippen MR) is 104 cm³/mol. The van der Waals surface area contributed by atoms with Gasteiger partial charge in [0, 0.05) is 16.1 Å². The molecule has 1 aromatic rings. The van der Waals surface area contributed by atoms with Crippen LogP contribution in [0.3, 0.4) is 0 Å². The lowest BCUT2D eigenvalue weighted by Gasteiger charge is -2.25. The number of hydrogen-bond acceptors (Lipinski definition) is 6. The van der Waals surface area contributed by atoms with Gasteiger partial charge in [0.2, 0.25) is 0 Å². The largest absolute Gasteiger partial charge is 0.467 e. The number of benzene rings is 1. The lowest BCUT2D eigenvalue weighted by atomic mass is 9.88. The Balaban J connectivity index is 1.65. The van der Waals surface area contributed by atoms with Crippen LogP contribution in [0.4, 0.5) is 4.79 Å². The van der Waals surface area contributed by atoms with Crippen molar-refractivity contribution in [2.45, 2.75) is 58.3 Å². The van der Waals surface area contributed by atoms with Crippen molar-refractivity contribution in [3.8, 4) is 5.75 Å². The molecule has 1 fully saturated rings. The standard InChI is InChI=1S/C20H25ClN2O6/c1-3-5-20(6-4-2)18(25)23(19(26)22-20)9-16(24)28-11-14-8-15(21)7-13-10-27-12-29-17(13)14/h7-8H,3-6,9-12H2,1-2H3,(H,22,26). The molecule has 3 amide bonds. The zero-order valence-electron chi connectivity index (χ0n) is 16.6. The Bertz CT molecular complexity index is 806. The molecule has 2 aliphatic heterocycles. The number of nitrogens with one attached hydrogen (secondary N) is 1. The van der Waals surface area contributed by atoms with Crippen molar-refractivity contribution < 1.29 is 28.6 Å². The Labute approximate surface area is 174 Å². The summed E-state index contributed by atoms with van der Waals surface area (Å²) in [5.41, 5.74) is 0.446. The van der Waals surface area contributed by atoms with Crippen LogP contribution in [0.25, 0.3) is 0 Å². The molecule has 0 unspecified atom stereocenters. The van der Waals surface area contributed by atoms with Crippen LogP contribution in [0.15, 0.2) is 12.1 Å². The van der Waals surface area contributed by atoms with E-state index in [9.17, 15) is 14.4 Å². The highest BCUT2D eigenvalue weighted by Gasteiger charge is 2.50. The van der Waals surface area contributed by atoms with E-state index in [-0.39, 0.29) is 19.3 Å². The van der Waals surface area contributed by atoms with E-state index >= 15 is 0 Å². The van der Waals surface area contributed by atoms with Gasteiger partial charge >= 0.3 is 12.0 Å². The van der Waals surface area contributed by atoms with E-state index in [4.69, 9.17) is 25.8 Å². The van der Waals surface area contributed by atoms with Crippen LogP contribution in [-0.2, 0) is 32.3 Å². The first-order chi connectivity index (χ1) is 13.9. The average molecular weight is 425 g/mol. The molecule has 158 valence electrons. The van der Waals surface area contributed by atoms with E-state index in [1.807, 2.05) is 13.8 Å². The van der Waals surface area contributed by atoms with Gasteiger partial charge in [-0.3, -0.25) is 14.5 Å². The first-order valence-electron chi connectivity index (χ1n) is 9.71. The minimum Gasteiger partial charge on any atom is -0.467 e. The molecule has 3 rings (SSSR count). The Kier molecular flexibility index (Phi) is 6.64. The third-order valence-corrected chi connectivity index (χ3v) is 5.25. The normalized spacial score (nSPS) is 17.6. The minimum absolute atomic E-state index is 0.0829. The number of halogens is 1. The Morgan fingerprint density at radius 2 is 2.00 bits per heavy atom. The average Bonchev–Trinajstić information content (AvgIpc) is 2.90. The molecule has 2 heterocycles. The second kappa shape index (κ2) is 9.00. The van der Waals surface area contributed by atoms with E-state index in [0.717, 1.165) is 23.3 Å². The minimum atomic E-state index is -0.930. The Morgan fingerprint density at radius 1 is 1.28 bits per heavy atom. The van der Waals surface area contributed by atoms with Crippen LogP contribution in [0.2, 0.25) is 5.02 Å². The molecule has 0 bridgehead atoms. The molecule has 29 heavy (non-hydrogen) atoms. The maximum atomic E-state index is 12.8. The van der Waals surface area contributed by atoms with Gasteiger partial charge in [-0.15, -0.1) is 0 Å². The fourth-order valence-corrected chi connectivity index (χ4v) is 4.10. The molecule has 1 N–H and O–H groups in total. The number of urea groups is 1. The summed E-state index contributed by atoms with van der Waals surface area (Å²) in [4.78, 5) is 38.5. The lowest BCUT2D eigenvalue weighted by molar-refractivity contribution is -0.149. The van der Waals surface area contributed by atoms with Crippen molar-refractivity contribution in [2.24, 2.45) is 0 Å². The quantitative estimate of drug-likeness (QED) is 0.509. The molecule has 8 nitrogen and oxygen atoms in total. The summed E-state index contributed by atoms with van der Waals surface area (Å²) in [6, 6.07) is 2.82. The number of carbonyl (C=O) groups is 3. The second-order valence-electron chi connectivity index (χ2n) is 7.23. The molecule has 2 aliphatic rings. The molecular weight excluding hydrogens is 400 g/mol. The van der Waals surface area contributed by atoms with Crippen LogP contribution in [0.5, 0.6) is 5.75 Å². The van der Waals surface area contributed by atoms with E-state index in [0.29, 0.717) is 35.8 Å². The number of amides is 3. The first kappa shape index (κ1) is 21.4. The van der Waals surface area contributed by atoms with Crippen molar-refractivity contribution in [3.05, 3.63) is 28.3 Å². The van der Waals surface area contributed by atoms with Gasteiger partial charge < -0.3 is 19.5 Å². The number of carbonyl (C=O) groups excluding carboxylic acids is 3. The number of nitrogens with zero attached hydrogens (tertiary/aromatic N) is 1. The van der Waals surface area contributed by atoms with Crippen molar-refractivity contribution in [3.63, 3.8) is 0 Å². The molecule has 0 atom stereocenters. The molecule has 1 saturated heterocycles. The maximum absolute atomic E-state index is 12.8. The van der Waals surface area contributed by atoms with Crippen molar-refractivity contribution >= 4 is 29.5 Å². The summed E-state index contributed by atoms with van der Waals surface area (Å²) in [6.45, 7) is 3.84. The third-order valence-electron chi connectivity index (χ3n) is 5.03. The van der Waals surface area contributed by atoms with Gasteiger partial charge in [0.1, 0.15) is 24.4 Å². The number of imide groups is 1. The van der Waals surface area contributed by atoms with E-state index < -0.39 is 24.1 Å². The molecule has 0 saturated carbocycles. The van der Waals surface area contributed by atoms with Gasteiger partial charge in [0.05, 0.1) is 6.61 Å². The van der Waals surface area contributed by atoms with Gasteiger partial charge in [0.15, 0.2) is 6.79 Å². The smallest absolute Gasteiger partial charge is 0.326 e. The summed E-state index contributed by atoms with van der Waals surface area (Å²) in [6.07, 6.45) is 2.55. The third kappa shape index (κ3) is 4.48. The monoisotopic (exact) mass is 424 g/mol. The van der Waals surface area contributed by atoms with Gasteiger partial charge in [-0.2, -0.15) is 0 Å². The zero-order valence-corrected chi connectivity index (χ0v) is 17.3. The Hall–Kier alpha value is -2.32. The van der Waals surface area contributed by atoms with Gasteiger partial charge in [-0.1, -0.05) is 38.3 Å². The fourth-order valence-electron chi connectivity index (χ4n) is 3.83. The predicted octanol–water partition coefficient (Wildman–Crippen LogP) is 3.14. The number of ether oxygens (including phenoxy) is 3. The topological polar surface area (TPSA) is 94.2 Å². The SMILES string of the molecule is CCCC1(CCC)NC(=O)N(CC(=O)OCc2cc(Cl)cc3c2OCOC3)C1=O. The number of hydrogen-bond donors (Lipinski definition) is 1. The first-order valence-corrected chi connectivity index (χ1v) is 10.1. The number of esters is 1. The fraction of sp³-hybridized carbons (Fsp3) is 0.550. The summed E-state index contributed by atoms with van der Waals surface area (Å²) in [5.74, 6) is -0.477. The molecule has 9 heteroatoms. The second-order valence-corrected chi connectivity index (χ2v) is 7.66. The van der Waals surface area contributed by atoms with Crippen LogP contribution >= 0.6 is 11.6 Å². The van der Waals surface area contributed by atoms with Crippen molar-refractivity contribution in [1.29, 1.82) is 0 Å². The van der Waals surface area contributed by atoms with E-state index in [1.54, 1.807) is 12.1 Å².